The fourth-order valence-corrected chi connectivity index (χ4v) is 3.38. The van der Waals surface area contributed by atoms with Crippen LogP contribution in [0.5, 0.6) is 0 Å². The van der Waals surface area contributed by atoms with Gasteiger partial charge in [-0.1, -0.05) is 49.2 Å². The average Bonchev–Trinajstić information content (AvgIpc) is 3.21. The highest BCUT2D eigenvalue weighted by molar-refractivity contribution is 5.80. The van der Waals surface area contributed by atoms with Gasteiger partial charge in [0.15, 0.2) is 0 Å². The molecule has 1 aliphatic rings. The monoisotopic (exact) mass is 288 g/mol. The van der Waals surface area contributed by atoms with E-state index in [1.165, 1.54) is 36.9 Å². The zero-order valence-corrected chi connectivity index (χ0v) is 12.7. The molecule has 0 amide bonds. The molecule has 3 aromatic rings. The Kier molecular flexibility index (Phi) is 3.51. The van der Waals surface area contributed by atoms with E-state index < -0.39 is 0 Å². The van der Waals surface area contributed by atoms with E-state index in [-0.39, 0.29) is 0 Å². The molecule has 0 aliphatic heterocycles. The van der Waals surface area contributed by atoms with Crippen LogP contribution >= 0.6 is 0 Å². The van der Waals surface area contributed by atoms with Crippen LogP contribution in [0.15, 0.2) is 60.7 Å². The molecule has 1 saturated carbocycles. The van der Waals surface area contributed by atoms with Crippen molar-refractivity contribution >= 4 is 17.1 Å². The number of fused-ring (bicyclic) bond motifs is 1. The van der Waals surface area contributed by atoms with Crippen LogP contribution in [0.2, 0.25) is 0 Å². The lowest BCUT2D eigenvalue weighted by molar-refractivity contribution is 0.688. The standard InChI is InChI=1S/C20H20N2/c1-2-10-17(11-3-1)22-19-13-7-6-12-18(19)21-20(22)15-14-16-8-4-5-9-16/h1-3,6-7,10-16H,4-5,8-9H2. The summed E-state index contributed by atoms with van der Waals surface area (Å²) in [6, 6.07) is 18.8. The number of benzene rings is 2. The van der Waals surface area contributed by atoms with Gasteiger partial charge in [0.1, 0.15) is 5.82 Å². The lowest BCUT2D eigenvalue weighted by Gasteiger charge is -2.07. The molecule has 2 heteroatoms. The third-order valence-electron chi connectivity index (χ3n) is 4.52. The van der Waals surface area contributed by atoms with Crippen molar-refractivity contribution in [3.05, 3.63) is 66.5 Å². The Morgan fingerprint density at radius 1 is 0.909 bits per heavy atom. The summed E-state index contributed by atoms with van der Waals surface area (Å²) in [6.07, 6.45) is 9.94. The summed E-state index contributed by atoms with van der Waals surface area (Å²) < 4.78 is 2.25. The maximum absolute atomic E-state index is 4.83. The van der Waals surface area contributed by atoms with E-state index in [0.717, 1.165) is 17.3 Å². The van der Waals surface area contributed by atoms with Gasteiger partial charge in [-0.25, -0.2) is 4.98 Å². The minimum Gasteiger partial charge on any atom is -0.293 e. The topological polar surface area (TPSA) is 17.8 Å². The van der Waals surface area contributed by atoms with E-state index in [4.69, 9.17) is 4.98 Å². The SMILES string of the molecule is C(=CC1CCCC1)c1nc2ccccc2n1-c1ccccc1. The molecule has 4 rings (SSSR count). The van der Waals surface area contributed by atoms with Gasteiger partial charge in [-0.2, -0.15) is 0 Å². The molecule has 2 nitrogen and oxygen atoms in total. The third kappa shape index (κ3) is 2.45. The molecule has 1 aliphatic carbocycles. The minimum atomic E-state index is 0.726. The van der Waals surface area contributed by atoms with Crippen molar-refractivity contribution in [2.75, 3.05) is 0 Å². The Bertz CT molecular complexity index is 793. The van der Waals surface area contributed by atoms with Crippen LogP contribution in [-0.2, 0) is 0 Å². The van der Waals surface area contributed by atoms with Crippen LogP contribution in [0.3, 0.4) is 0 Å². The highest BCUT2D eigenvalue weighted by Gasteiger charge is 2.13. The molecule has 1 fully saturated rings. The van der Waals surface area contributed by atoms with E-state index in [1.807, 2.05) is 0 Å². The van der Waals surface area contributed by atoms with Crippen LogP contribution in [0, 0.1) is 5.92 Å². The molecule has 0 unspecified atom stereocenters. The van der Waals surface area contributed by atoms with Crippen molar-refractivity contribution in [3.8, 4) is 5.69 Å². The Morgan fingerprint density at radius 2 is 1.64 bits per heavy atom. The summed E-state index contributed by atoms with van der Waals surface area (Å²) >= 11 is 0. The van der Waals surface area contributed by atoms with E-state index in [0.29, 0.717) is 0 Å². The van der Waals surface area contributed by atoms with E-state index in [1.54, 1.807) is 0 Å². The Labute approximate surface area is 131 Å². The number of imidazole rings is 1. The largest absolute Gasteiger partial charge is 0.293 e. The molecule has 0 atom stereocenters. The Morgan fingerprint density at radius 3 is 2.45 bits per heavy atom. The van der Waals surface area contributed by atoms with Gasteiger partial charge in [0.05, 0.1) is 11.0 Å². The van der Waals surface area contributed by atoms with E-state index >= 15 is 0 Å². The second-order valence-electron chi connectivity index (χ2n) is 6.03. The first-order valence-corrected chi connectivity index (χ1v) is 8.13. The van der Waals surface area contributed by atoms with Gasteiger partial charge >= 0.3 is 0 Å². The molecule has 0 bridgehead atoms. The highest BCUT2D eigenvalue weighted by Crippen LogP contribution is 2.27. The zero-order valence-electron chi connectivity index (χ0n) is 12.7. The maximum Gasteiger partial charge on any atom is 0.138 e. The minimum absolute atomic E-state index is 0.726. The summed E-state index contributed by atoms with van der Waals surface area (Å²) in [5.74, 6) is 1.75. The quantitative estimate of drug-likeness (QED) is 0.645. The van der Waals surface area contributed by atoms with Crippen molar-refractivity contribution in [1.29, 1.82) is 0 Å². The Hall–Kier alpha value is -2.35. The predicted octanol–water partition coefficient (Wildman–Crippen LogP) is 5.23. The fraction of sp³-hybridized carbons (Fsp3) is 0.250. The van der Waals surface area contributed by atoms with Crippen LogP contribution < -0.4 is 0 Å². The molecular formula is C20H20N2. The number of hydrogen-bond acceptors (Lipinski definition) is 1. The number of rotatable bonds is 3. The number of nitrogens with zero attached hydrogens (tertiary/aromatic N) is 2. The molecule has 0 spiro atoms. The second kappa shape index (κ2) is 5.80. The van der Waals surface area contributed by atoms with Crippen LogP contribution in [-0.4, -0.2) is 9.55 Å². The summed E-state index contributed by atoms with van der Waals surface area (Å²) in [5, 5.41) is 0. The van der Waals surface area contributed by atoms with Crippen molar-refractivity contribution in [2.45, 2.75) is 25.7 Å². The van der Waals surface area contributed by atoms with Crippen molar-refractivity contribution in [1.82, 2.24) is 9.55 Å². The number of allylic oxidation sites excluding steroid dienone is 1. The smallest absolute Gasteiger partial charge is 0.138 e. The fourth-order valence-electron chi connectivity index (χ4n) is 3.38. The summed E-state index contributed by atoms with van der Waals surface area (Å²) in [5.41, 5.74) is 3.39. The van der Waals surface area contributed by atoms with Gasteiger partial charge in [-0.05, 0) is 49.1 Å². The first-order valence-electron chi connectivity index (χ1n) is 8.13. The number of hydrogen-bond donors (Lipinski definition) is 0. The summed E-state index contributed by atoms with van der Waals surface area (Å²) in [7, 11) is 0. The summed E-state index contributed by atoms with van der Waals surface area (Å²) in [4.78, 5) is 4.83. The van der Waals surface area contributed by atoms with Gasteiger partial charge in [0.2, 0.25) is 0 Å². The Balaban J connectivity index is 1.83. The van der Waals surface area contributed by atoms with Gasteiger partial charge in [-0.3, -0.25) is 4.57 Å². The normalized spacial score (nSPS) is 16.0. The molecule has 1 aromatic heterocycles. The molecule has 0 radical (unpaired) electrons. The van der Waals surface area contributed by atoms with Crippen molar-refractivity contribution < 1.29 is 0 Å². The second-order valence-corrected chi connectivity index (χ2v) is 6.03. The molecule has 1 heterocycles. The maximum atomic E-state index is 4.83. The number of para-hydroxylation sites is 3. The molecule has 0 N–H and O–H groups in total. The van der Waals surface area contributed by atoms with Gasteiger partial charge < -0.3 is 0 Å². The average molecular weight is 288 g/mol. The van der Waals surface area contributed by atoms with E-state index in [9.17, 15) is 0 Å². The first-order chi connectivity index (χ1) is 10.9. The molecule has 2 aromatic carbocycles. The highest BCUT2D eigenvalue weighted by atomic mass is 15.1. The van der Waals surface area contributed by atoms with Gasteiger partial charge in [0, 0.05) is 5.69 Å². The van der Waals surface area contributed by atoms with Gasteiger partial charge in [-0.15, -0.1) is 0 Å². The van der Waals surface area contributed by atoms with Crippen molar-refractivity contribution in [2.24, 2.45) is 5.92 Å². The zero-order chi connectivity index (χ0) is 14.8. The van der Waals surface area contributed by atoms with Gasteiger partial charge in [0.25, 0.3) is 0 Å². The number of aromatic nitrogens is 2. The van der Waals surface area contributed by atoms with Crippen LogP contribution in [0.25, 0.3) is 22.8 Å². The molecule has 22 heavy (non-hydrogen) atoms. The van der Waals surface area contributed by atoms with Crippen LogP contribution in [0.4, 0.5) is 0 Å². The molecular weight excluding hydrogens is 268 g/mol. The van der Waals surface area contributed by atoms with Crippen LogP contribution in [0.1, 0.15) is 31.5 Å². The lowest BCUT2D eigenvalue weighted by Crippen LogP contribution is -1.97. The van der Waals surface area contributed by atoms with E-state index in [2.05, 4.69) is 71.3 Å². The summed E-state index contributed by atoms with van der Waals surface area (Å²) in [6.45, 7) is 0. The lowest BCUT2D eigenvalue weighted by atomic mass is 10.1. The molecule has 110 valence electrons. The first kappa shape index (κ1) is 13.3. The predicted molar refractivity (Wildman–Crippen MR) is 92.1 cm³/mol. The van der Waals surface area contributed by atoms with Crippen molar-refractivity contribution in [3.63, 3.8) is 0 Å². The molecule has 0 saturated heterocycles. The third-order valence-corrected chi connectivity index (χ3v) is 4.52.